The predicted octanol–water partition coefficient (Wildman–Crippen LogP) is 2.12. The highest BCUT2D eigenvalue weighted by molar-refractivity contribution is 7.17. The van der Waals surface area contributed by atoms with Crippen LogP contribution in [0.4, 0.5) is 5.00 Å². The van der Waals surface area contributed by atoms with Crippen LogP contribution in [-0.4, -0.2) is 30.0 Å². The van der Waals surface area contributed by atoms with Gasteiger partial charge in [-0.15, -0.1) is 0 Å². The molecule has 2 rings (SSSR count). The van der Waals surface area contributed by atoms with E-state index in [-0.39, 0.29) is 28.8 Å². The molecule has 0 unspecified atom stereocenters. The summed E-state index contributed by atoms with van der Waals surface area (Å²) < 4.78 is 4.71. The van der Waals surface area contributed by atoms with Gasteiger partial charge in [0.2, 0.25) is 0 Å². The molecule has 0 bridgehead atoms. The molecule has 1 aliphatic rings. The first kappa shape index (κ1) is 15.4. The van der Waals surface area contributed by atoms with E-state index in [1.165, 1.54) is 19.2 Å². The van der Waals surface area contributed by atoms with Gasteiger partial charge in [0.1, 0.15) is 0 Å². The number of hydrogen-bond donors (Lipinski definition) is 1. The Bertz CT molecular complexity index is 549. The fourth-order valence-electron chi connectivity index (χ4n) is 2.44. The summed E-state index contributed by atoms with van der Waals surface area (Å²) in [5, 5.41) is 13.4. The van der Waals surface area contributed by atoms with Gasteiger partial charge in [-0.1, -0.05) is 11.3 Å². The average molecular weight is 312 g/mol. The van der Waals surface area contributed by atoms with Crippen LogP contribution in [0.3, 0.4) is 0 Å². The van der Waals surface area contributed by atoms with Gasteiger partial charge in [0, 0.05) is 12.1 Å². The van der Waals surface area contributed by atoms with Crippen LogP contribution in [0, 0.1) is 16.0 Å². The van der Waals surface area contributed by atoms with E-state index in [2.05, 4.69) is 5.32 Å². The van der Waals surface area contributed by atoms with Crippen molar-refractivity contribution in [1.82, 2.24) is 5.32 Å². The van der Waals surface area contributed by atoms with E-state index < -0.39 is 4.92 Å². The highest BCUT2D eigenvalue weighted by Crippen LogP contribution is 2.27. The average Bonchev–Trinajstić information content (AvgIpc) is 2.97. The highest BCUT2D eigenvalue weighted by atomic mass is 32.1. The predicted molar refractivity (Wildman–Crippen MR) is 76.2 cm³/mol. The molecule has 21 heavy (non-hydrogen) atoms. The maximum atomic E-state index is 12.0. The first-order valence-corrected chi connectivity index (χ1v) is 7.46. The van der Waals surface area contributed by atoms with E-state index in [1.54, 1.807) is 0 Å². The van der Waals surface area contributed by atoms with Crippen molar-refractivity contribution >= 4 is 28.2 Å². The summed E-state index contributed by atoms with van der Waals surface area (Å²) >= 11 is 0.861. The van der Waals surface area contributed by atoms with Crippen LogP contribution >= 0.6 is 11.3 Å². The number of ether oxygens (including phenoxy) is 1. The minimum Gasteiger partial charge on any atom is -0.469 e. The normalized spacial score (nSPS) is 21.6. The molecule has 0 radical (unpaired) electrons. The molecule has 1 fully saturated rings. The van der Waals surface area contributed by atoms with Crippen LogP contribution in [0.2, 0.25) is 0 Å². The molecule has 0 aliphatic heterocycles. The van der Waals surface area contributed by atoms with Crippen molar-refractivity contribution < 1.29 is 19.2 Å². The summed E-state index contributed by atoms with van der Waals surface area (Å²) in [6.45, 7) is 0. The van der Waals surface area contributed by atoms with Gasteiger partial charge in [-0.25, -0.2) is 0 Å². The van der Waals surface area contributed by atoms with E-state index >= 15 is 0 Å². The highest BCUT2D eigenvalue weighted by Gasteiger charge is 2.28. The van der Waals surface area contributed by atoms with Crippen molar-refractivity contribution in [3.05, 3.63) is 27.1 Å². The fraction of sp³-hybridized carbons (Fsp3) is 0.538. The van der Waals surface area contributed by atoms with Gasteiger partial charge in [0.15, 0.2) is 0 Å². The lowest BCUT2D eigenvalue weighted by Gasteiger charge is -2.27. The number of esters is 1. The Morgan fingerprint density at radius 1 is 1.33 bits per heavy atom. The third-order valence-electron chi connectivity index (χ3n) is 3.59. The summed E-state index contributed by atoms with van der Waals surface area (Å²) in [7, 11) is 1.37. The number of carbonyl (C=O) groups excluding carboxylic acids is 2. The summed E-state index contributed by atoms with van der Waals surface area (Å²) in [5.74, 6) is -0.589. The smallest absolute Gasteiger partial charge is 0.324 e. The van der Waals surface area contributed by atoms with Crippen molar-refractivity contribution in [2.75, 3.05) is 7.11 Å². The Hall–Kier alpha value is -1.96. The number of hydrogen-bond acceptors (Lipinski definition) is 6. The second-order valence-corrected chi connectivity index (χ2v) is 6.00. The molecular formula is C13H16N2O5S. The van der Waals surface area contributed by atoms with Crippen molar-refractivity contribution in [3.8, 4) is 0 Å². The zero-order valence-electron chi connectivity index (χ0n) is 11.5. The Balaban J connectivity index is 1.86. The molecule has 0 aromatic carbocycles. The molecule has 1 aliphatic carbocycles. The largest absolute Gasteiger partial charge is 0.469 e. The first-order valence-electron chi connectivity index (χ1n) is 6.64. The molecule has 0 atom stereocenters. The molecule has 7 nitrogen and oxygen atoms in total. The van der Waals surface area contributed by atoms with Gasteiger partial charge < -0.3 is 10.1 Å². The van der Waals surface area contributed by atoms with Crippen LogP contribution in [-0.2, 0) is 9.53 Å². The Morgan fingerprint density at radius 3 is 2.52 bits per heavy atom. The van der Waals surface area contributed by atoms with Crippen molar-refractivity contribution in [2.45, 2.75) is 31.7 Å². The molecule has 1 aromatic heterocycles. The number of nitrogens with one attached hydrogen (secondary N) is 1. The van der Waals surface area contributed by atoms with Crippen LogP contribution < -0.4 is 5.32 Å². The SMILES string of the molecule is COC(=O)C1CCC(NC(=O)c2ccc([N+](=O)[O-])s2)CC1. The lowest BCUT2D eigenvalue weighted by atomic mass is 9.86. The maximum absolute atomic E-state index is 12.0. The molecular weight excluding hydrogens is 296 g/mol. The molecule has 1 N–H and O–H groups in total. The number of methoxy groups -OCH3 is 1. The van der Waals surface area contributed by atoms with Crippen LogP contribution in [0.15, 0.2) is 12.1 Å². The van der Waals surface area contributed by atoms with Gasteiger partial charge in [-0.05, 0) is 31.7 Å². The molecule has 8 heteroatoms. The number of amides is 1. The number of rotatable bonds is 4. The lowest BCUT2D eigenvalue weighted by molar-refractivity contribution is -0.380. The molecule has 1 saturated carbocycles. The topological polar surface area (TPSA) is 98.5 Å². The third kappa shape index (κ3) is 3.78. The molecule has 1 amide bonds. The lowest BCUT2D eigenvalue weighted by Crippen LogP contribution is -2.38. The fourth-order valence-corrected chi connectivity index (χ4v) is 3.17. The molecule has 1 heterocycles. The van der Waals surface area contributed by atoms with E-state index in [0.29, 0.717) is 30.6 Å². The first-order chi connectivity index (χ1) is 10.0. The van der Waals surface area contributed by atoms with Crippen LogP contribution in [0.1, 0.15) is 35.4 Å². The minimum atomic E-state index is -0.511. The van der Waals surface area contributed by atoms with E-state index in [4.69, 9.17) is 4.74 Å². The molecule has 114 valence electrons. The van der Waals surface area contributed by atoms with Gasteiger partial charge >= 0.3 is 11.0 Å². The minimum absolute atomic E-state index is 0.000405. The molecule has 1 aromatic rings. The summed E-state index contributed by atoms with van der Waals surface area (Å²) in [6.07, 6.45) is 2.78. The Kier molecular flexibility index (Phi) is 4.89. The van der Waals surface area contributed by atoms with Crippen molar-refractivity contribution in [3.63, 3.8) is 0 Å². The number of nitrogens with zero attached hydrogens (tertiary/aromatic N) is 1. The number of thiophene rings is 1. The van der Waals surface area contributed by atoms with E-state index in [0.717, 1.165) is 11.3 Å². The standard InChI is InChI=1S/C13H16N2O5S/c1-20-13(17)8-2-4-9(5-3-8)14-12(16)10-6-7-11(21-10)15(18)19/h6-9H,2-5H2,1H3,(H,14,16). The monoisotopic (exact) mass is 312 g/mol. The zero-order chi connectivity index (χ0) is 15.4. The van der Waals surface area contributed by atoms with E-state index in [1.807, 2.05) is 0 Å². The van der Waals surface area contributed by atoms with Gasteiger partial charge in [0.25, 0.3) is 5.91 Å². The quantitative estimate of drug-likeness (QED) is 0.521. The zero-order valence-corrected chi connectivity index (χ0v) is 12.4. The summed E-state index contributed by atoms with van der Waals surface area (Å²) in [5.41, 5.74) is 0. The number of nitro groups is 1. The molecule has 0 saturated heterocycles. The Morgan fingerprint density at radius 2 is 2.00 bits per heavy atom. The van der Waals surface area contributed by atoms with Gasteiger partial charge in [-0.3, -0.25) is 19.7 Å². The van der Waals surface area contributed by atoms with E-state index in [9.17, 15) is 19.7 Å². The number of carbonyl (C=O) groups is 2. The second-order valence-electron chi connectivity index (χ2n) is 4.94. The maximum Gasteiger partial charge on any atom is 0.324 e. The Labute approximate surface area is 125 Å². The third-order valence-corrected chi connectivity index (χ3v) is 4.63. The van der Waals surface area contributed by atoms with Crippen molar-refractivity contribution in [1.29, 1.82) is 0 Å². The molecule has 0 spiro atoms. The summed E-state index contributed by atoms with van der Waals surface area (Å²) in [6, 6.07) is 2.78. The van der Waals surface area contributed by atoms with Crippen molar-refractivity contribution in [2.24, 2.45) is 5.92 Å². The van der Waals surface area contributed by atoms with Gasteiger partial charge in [-0.2, -0.15) is 0 Å². The van der Waals surface area contributed by atoms with Crippen LogP contribution in [0.5, 0.6) is 0 Å². The van der Waals surface area contributed by atoms with Crippen LogP contribution in [0.25, 0.3) is 0 Å². The second kappa shape index (κ2) is 6.66. The summed E-state index contributed by atoms with van der Waals surface area (Å²) in [4.78, 5) is 33.8. The van der Waals surface area contributed by atoms with Gasteiger partial charge in [0.05, 0.1) is 22.8 Å².